The van der Waals surface area contributed by atoms with Gasteiger partial charge < -0.3 is 4.74 Å². The van der Waals surface area contributed by atoms with E-state index in [-0.39, 0.29) is 16.7 Å². The van der Waals surface area contributed by atoms with Crippen molar-refractivity contribution in [2.45, 2.75) is 17.7 Å². The molecule has 0 aromatic heterocycles. The number of rotatable bonds is 4. The van der Waals surface area contributed by atoms with Crippen LogP contribution in [0.2, 0.25) is 0 Å². The number of hydrogen-bond acceptors (Lipinski definition) is 6. The lowest BCUT2D eigenvalue weighted by atomic mass is 10.3. The van der Waals surface area contributed by atoms with Crippen molar-refractivity contribution in [3.63, 3.8) is 0 Å². The van der Waals surface area contributed by atoms with Crippen LogP contribution < -0.4 is 5.32 Å². The molecular weight excluding hydrogens is 210 g/mol. The maximum absolute atomic E-state index is 11.2. The molecule has 1 rings (SSSR count). The highest BCUT2D eigenvalue weighted by atomic mass is 32.2. The number of carbonyl (C=O) groups excluding carboxylic acids is 2. The van der Waals surface area contributed by atoms with Gasteiger partial charge in [0.15, 0.2) is 5.62 Å². The van der Waals surface area contributed by atoms with Gasteiger partial charge >= 0.3 is 5.97 Å². The monoisotopic (exact) mass is 221 g/mol. The van der Waals surface area contributed by atoms with Gasteiger partial charge in [-0.2, -0.15) is 0 Å². The fourth-order valence-corrected chi connectivity index (χ4v) is 2.84. The number of esters is 1. The molecule has 0 spiro atoms. The van der Waals surface area contributed by atoms with E-state index < -0.39 is 0 Å². The molecule has 1 heterocycles. The van der Waals surface area contributed by atoms with Crippen LogP contribution in [0.5, 0.6) is 0 Å². The van der Waals surface area contributed by atoms with Crippen LogP contribution >= 0.6 is 23.5 Å². The number of hydrogen-bond donors (Lipinski definition) is 1. The zero-order valence-corrected chi connectivity index (χ0v) is 8.82. The van der Waals surface area contributed by atoms with Crippen molar-refractivity contribution in [2.24, 2.45) is 0 Å². The van der Waals surface area contributed by atoms with Crippen molar-refractivity contribution in [1.29, 1.82) is 0 Å². The van der Waals surface area contributed by atoms with E-state index in [0.29, 0.717) is 12.4 Å². The number of ether oxygens (including phenoxy) is 1. The molecule has 1 saturated heterocycles. The third-order valence-electron chi connectivity index (χ3n) is 1.50. The van der Waals surface area contributed by atoms with E-state index in [4.69, 9.17) is 4.74 Å². The van der Waals surface area contributed by atoms with Crippen molar-refractivity contribution in [3.05, 3.63) is 0 Å². The number of thioether (sulfide) groups is 2. The van der Waals surface area contributed by atoms with Crippen LogP contribution in [-0.4, -0.2) is 34.7 Å². The molecule has 1 N–H and O–H groups in total. The average Bonchev–Trinajstić information content (AvgIpc) is 2.54. The molecule has 0 saturated carbocycles. The molecule has 13 heavy (non-hydrogen) atoms. The molecule has 0 aliphatic carbocycles. The van der Waals surface area contributed by atoms with Gasteiger partial charge in [0.1, 0.15) is 10.7 Å². The van der Waals surface area contributed by atoms with Gasteiger partial charge in [-0.1, -0.05) is 11.8 Å². The van der Waals surface area contributed by atoms with E-state index in [2.05, 4.69) is 5.32 Å². The van der Waals surface area contributed by atoms with Crippen molar-refractivity contribution in [2.75, 3.05) is 12.4 Å². The lowest BCUT2D eigenvalue weighted by molar-refractivity contribution is -0.144. The predicted molar refractivity (Wildman–Crippen MR) is 54.1 cm³/mol. The van der Waals surface area contributed by atoms with Crippen molar-refractivity contribution in [1.82, 2.24) is 5.32 Å². The molecule has 0 amide bonds. The minimum atomic E-state index is -0.262. The van der Waals surface area contributed by atoms with Crippen LogP contribution in [0.3, 0.4) is 0 Å². The fraction of sp³-hybridized carbons (Fsp3) is 0.714. The van der Waals surface area contributed by atoms with E-state index in [1.54, 1.807) is 18.7 Å². The largest absolute Gasteiger partial charge is 0.465 e. The van der Waals surface area contributed by atoms with E-state index in [9.17, 15) is 9.59 Å². The summed E-state index contributed by atoms with van der Waals surface area (Å²) in [5.41, 5.74) is 0.776. The number of nitrogens with one attached hydrogen (secondary N) is 1. The molecule has 0 aromatic rings. The standard InChI is InChI=1S/C7H11NO3S2/c1-2-11-6(10)5-3-12-7(8-5)13-4-9/h4-5,7-8H,2-3H2,1H3. The molecule has 1 aliphatic rings. The maximum atomic E-state index is 11.2. The van der Waals surface area contributed by atoms with E-state index in [0.717, 1.165) is 17.4 Å². The second-order valence-corrected chi connectivity index (χ2v) is 4.74. The van der Waals surface area contributed by atoms with Gasteiger partial charge in [-0.05, 0) is 6.92 Å². The van der Waals surface area contributed by atoms with Gasteiger partial charge in [-0.15, -0.1) is 11.8 Å². The van der Waals surface area contributed by atoms with E-state index >= 15 is 0 Å². The zero-order valence-electron chi connectivity index (χ0n) is 7.19. The molecule has 2 atom stereocenters. The van der Waals surface area contributed by atoms with Crippen LogP contribution in [0.1, 0.15) is 6.92 Å². The lowest BCUT2D eigenvalue weighted by Gasteiger charge is -2.09. The summed E-state index contributed by atoms with van der Waals surface area (Å²) < 4.78 is 4.83. The summed E-state index contributed by atoms with van der Waals surface area (Å²) in [6.45, 7) is 2.17. The summed E-state index contributed by atoms with van der Waals surface area (Å²) in [4.78, 5) is 21.4. The minimum absolute atomic E-state index is 0.00749. The SMILES string of the molecule is CCOC(=O)C1CSC(SC=O)N1. The summed E-state index contributed by atoms with van der Waals surface area (Å²) in [7, 11) is 0. The quantitative estimate of drug-likeness (QED) is 0.550. The second-order valence-electron chi connectivity index (χ2n) is 2.37. The topological polar surface area (TPSA) is 55.4 Å². The van der Waals surface area contributed by atoms with Gasteiger partial charge in [0.05, 0.1) is 6.61 Å². The van der Waals surface area contributed by atoms with E-state index in [1.807, 2.05) is 0 Å². The maximum Gasteiger partial charge on any atom is 0.324 e. The summed E-state index contributed by atoms with van der Waals surface area (Å²) in [6.07, 6.45) is 0. The lowest BCUT2D eigenvalue weighted by Crippen LogP contribution is -2.37. The highest BCUT2D eigenvalue weighted by Gasteiger charge is 2.30. The van der Waals surface area contributed by atoms with Crippen LogP contribution in [-0.2, 0) is 14.3 Å². The molecule has 4 nitrogen and oxygen atoms in total. The Kier molecular flexibility index (Phi) is 4.61. The third-order valence-corrected chi connectivity index (χ3v) is 3.70. The summed E-state index contributed by atoms with van der Waals surface area (Å²) in [5.74, 6) is 0.439. The Balaban J connectivity index is 2.31. The summed E-state index contributed by atoms with van der Waals surface area (Å²) in [5, 5.41) is 3.00. The normalized spacial score (nSPS) is 27.2. The Hall–Kier alpha value is -0.200. The van der Waals surface area contributed by atoms with Crippen molar-refractivity contribution < 1.29 is 14.3 Å². The summed E-state index contributed by atoms with van der Waals surface area (Å²) >= 11 is 2.69. The first kappa shape index (κ1) is 10.9. The van der Waals surface area contributed by atoms with Crippen LogP contribution in [0.4, 0.5) is 0 Å². The average molecular weight is 221 g/mol. The fourth-order valence-electron chi connectivity index (χ4n) is 0.952. The Morgan fingerprint density at radius 3 is 3.23 bits per heavy atom. The molecular formula is C7H11NO3S2. The molecule has 1 fully saturated rings. The first-order chi connectivity index (χ1) is 6.27. The highest BCUT2D eigenvalue weighted by Crippen LogP contribution is 2.26. The van der Waals surface area contributed by atoms with Gasteiger partial charge in [0.25, 0.3) is 0 Å². The second kappa shape index (κ2) is 5.51. The molecule has 0 aromatic carbocycles. The van der Waals surface area contributed by atoms with Crippen LogP contribution in [0.15, 0.2) is 0 Å². The zero-order chi connectivity index (χ0) is 9.68. The summed E-state index contributed by atoms with van der Waals surface area (Å²) in [6, 6.07) is -0.262. The van der Waals surface area contributed by atoms with Crippen LogP contribution in [0.25, 0.3) is 0 Å². The van der Waals surface area contributed by atoms with Crippen molar-refractivity contribution >= 4 is 35.1 Å². The van der Waals surface area contributed by atoms with Gasteiger partial charge in [-0.25, -0.2) is 0 Å². The Labute approximate surface area is 85.2 Å². The Morgan fingerprint density at radius 2 is 2.62 bits per heavy atom. The van der Waals surface area contributed by atoms with Gasteiger partial charge in [0, 0.05) is 5.75 Å². The first-order valence-electron chi connectivity index (χ1n) is 3.91. The Bertz CT molecular complexity index is 200. The molecule has 0 radical (unpaired) electrons. The van der Waals surface area contributed by atoms with E-state index in [1.165, 1.54) is 0 Å². The smallest absolute Gasteiger partial charge is 0.324 e. The molecule has 1 aliphatic heterocycles. The molecule has 74 valence electrons. The Morgan fingerprint density at radius 1 is 1.85 bits per heavy atom. The van der Waals surface area contributed by atoms with Gasteiger partial charge in [0.2, 0.25) is 0 Å². The number of carbonyl (C=O) groups is 2. The minimum Gasteiger partial charge on any atom is -0.465 e. The molecule has 2 unspecified atom stereocenters. The molecule has 6 heteroatoms. The predicted octanol–water partition coefficient (Wildman–Crippen LogP) is 0.461. The van der Waals surface area contributed by atoms with Crippen LogP contribution in [0, 0.1) is 0 Å². The highest BCUT2D eigenvalue weighted by molar-refractivity contribution is 8.23. The van der Waals surface area contributed by atoms with Gasteiger partial charge in [-0.3, -0.25) is 14.9 Å². The first-order valence-corrected chi connectivity index (χ1v) is 5.90. The molecule has 0 bridgehead atoms. The van der Waals surface area contributed by atoms with Crippen molar-refractivity contribution in [3.8, 4) is 0 Å². The third kappa shape index (κ3) is 3.21.